The Hall–Kier alpha value is -3.88. The summed E-state index contributed by atoms with van der Waals surface area (Å²) < 4.78 is 15.3. The van der Waals surface area contributed by atoms with Gasteiger partial charge >= 0.3 is 5.63 Å². The molecule has 1 N–H and O–H groups in total. The first-order valence-corrected chi connectivity index (χ1v) is 8.14. The summed E-state index contributed by atoms with van der Waals surface area (Å²) in [7, 11) is 2.85. The predicted molar refractivity (Wildman–Crippen MR) is 99.9 cm³/mol. The van der Waals surface area contributed by atoms with E-state index in [9.17, 15) is 19.7 Å². The fraction of sp³-hybridized carbons (Fsp3) is 0.158. The van der Waals surface area contributed by atoms with E-state index in [0.717, 1.165) is 11.6 Å². The summed E-state index contributed by atoms with van der Waals surface area (Å²) in [6.45, 7) is 0.179. The number of nitrogens with zero attached hydrogens (tertiary/aromatic N) is 1. The number of amides is 1. The van der Waals surface area contributed by atoms with Crippen LogP contribution in [-0.4, -0.2) is 25.1 Å². The number of ether oxygens (including phenoxy) is 2. The number of nitrogens with one attached hydrogen (secondary N) is 1. The van der Waals surface area contributed by atoms with Gasteiger partial charge < -0.3 is 19.2 Å². The molecule has 9 heteroatoms. The normalized spacial score (nSPS) is 10.5. The summed E-state index contributed by atoms with van der Waals surface area (Å²) in [6, 6.07) is 10.6. The molecule has 0 unspecified atom stereocenters. The molecule has 0 aliphatic rings. The van der Waals surface area contributed by atoms with Gasteiger partial charge in [0.1, 0.15) is 11.3 Å². The topological polar surface area (TPSA) is 121 Å². The van der Waals surface area contributed by atoms with Crippen LogP contribution in [0.5, 0.6) is 11.5 Å². The van der Waals surface area contributed by atoms with Crippen LogP contribution in [-0.2, 0) is 6.54 Å². The highest BCUT2D eigenvalue weighted by atomic mass is 16.6. The summed E-state index contributed by atoms with van der Waals surface area (Å²) >= 11 is 0. The molecule has 0 atom stereocenters. The average Bonchev–Trinajstić information content (AvgIpc) is 2.71. The minimum absolute atomic E-state index is 0.0322. The first kappa shape index (κ1) is 18.9. The van der Waals surface area contributed by atoms with Gasteiger partial charge in [0.25, 0.3) is 11.6 Å². The highest BCUT2D eigenvalue weighted by Gasteiger charge is 2.19. The van der Waals surface area contributed by atoms with Crippen LogP contribution >= 0.6 is 0 Å². The Morgan fingerprint density at radius 2 is 1.86 bits per heavy atom. The average molecular weight is 384 g/mol. The molecular formula is C19H16N2O7. The van der Waals surface area contributed by atoms with Gasteiger partial charge in [0.15, 0.2) is 11.3 Å². The van der Waals surface area contributed by atoms with Gasteiger partial charge in [0, 0.05) is 18.0 Å². The molecule has 1 aromatic heterocycles. The van der Waals surface area contributed by atoms with E-state index in [1.54, 1.807) is 31.4 Å². The Morgan fingerprint density at radius 3 is 2.46 bits per heavy atom. The number of methoxy groups -OCH3 is 2. The van der Waals surface area contributed by atoms with Crippen molar-refractivity contribution in [3.8, 4) is 11.5 Å². The number of rotatable bonds is 6. The number of nitro benzene ring substituents is 1. The van der Waals surface area contributed by atoms with Crippen LogP contribution in [0.1, 0.15) is 15.9 Å². The molecule has 0 fully saturated rings. The summed E-state index contributed by atoms with van der Waals surface area (Å²) in [5.41, 5.74) is -0.542. The van der Waals surface area contributed by atoms with Gasteiger partial charge in [-0.1, -0.05) is 12.1 Å². The van der Waals surface area contributed by atoms with Crippen LogP contribution in [0.25, 0.3) is 11.0 Å². The number of nitro groups is 1. The van der Waals surface area contributed by atoms with Crippen LogP contribution in [0.4, 0.5) is 5.69 Å². The zero-order chi connectivity index (χ0) is 20.3. The second-order valence-corrected chi connectivity index (χ2v) is 5.80. The van der Waals surface area contributed by atoms with Gasteiger partial charge in [-0.2, -0.15) is 0 Å². The number of hydrogen-bond donors (Lipinski definition) is 1. The third kappa shape index (κ3) is 3.78. The molecule has 0 radical (unpaired) electrons. The second-order valence-electron chi connectivity index (χ2n) is 5.80. The molecule has 3 rings (SSSR count). The SMILES string of the molecule is COc1ccc(CNC(=O)c2cc3cc([N+](=O)[O-])cc(OC)c3oc2=O)cc1. The Bertz CT molecular complexity index is 1100. The van der Waals surface area contributed by atoms with Crippen molar-refractivity contribution in [2.24, 2.45) is 0 Å². The molecule has 0 aliphatic carbocycles. The molecule has 3 aromatic rings. The predicted octanol–water partition coefficient (Wildman–Crippen LogP) is 2.65. The summed E-state index contributed by atoms with van der Waals surface area (Å²) in [5, 5.41) is 13.9. The lowest BCUT2D eigenvalue weighted by atomic mass is 10.1. The van der Waals surface area contributed by atoms with Crippen molar-refractivity contribution in [2.45, 2.75) is 6.54 Å². The Kier molecular flexibility index (Phi) is 5.25. The van der Waals surface area contributed by atoms with Gasteiger partial charge in [0.2, 0.25) is 0 Å². The molecule has 0 bridgehead atoms. The van der Waals surface area contributed by atoms with E-state index in [2.05, 4.69) is 5.32 Å². The van der Waals surface area contributed by atoms with Crippen LogP contribution in [0.2, 0.25) is 0 Å². The van der Waals surface area contributed by atoms with Gasteiger partial charge in [-0.15, -0.1) is 0 Å². The Morgan fingerprint density at radius 1 is 1.14 bits per heavy atom. The first-order valence-electron chi connectivity index (χ1n) is 8.14. The Balaban J connectivity index is 1.90. The Labute approximate surface area is 158 Å². The highest BCUT2D eigenvalue weighted by Crippen LogP contribution is 2.30. The first-order chi connectivity index (χ1) is 13.4. The third-order valence-corrected chi connectivity index (χ3v) is 4.07. The minimum Gasteiger partial charge on any atom is -0.497 e. The zero-order valence-electron chi connectivity index (χ0n) is 15.1. The van der Waals surface area contributed by atoms with Crippen molar-refractivity contribution in [3.05, 3.63) is 74.1 Å². The van der Waals surface area contributed by atoms with Crippen molar-refractivity contribution < 1.29 is 23.6 Å². The zero-order valence-corrected chi connectivity index (χ0v) is 15.1. The van der Waals surface area contributed by atoms with E-state index < -0.39 is 16.5 Å². The smallest absolute Gasteiger partial charge is 0.349 e. The van der Waals surface area contributed by atoms with Crippen molar-refractivity contribution in [2.75, 3.05) is 14.2 Å². The van der Waals surface area contributed by atoms with Crippen molar-refractivity contribution in [3.63, 3.8) is 0 Å². The molecule has 2 aromatic carbocycles. The standard InChI is InChI=1S/C19H16N2O7/c1-26-14-5-3-11(4-6-14)10-20-18(22)15-8-12-7-13(21(24)25)9-16(27-2)17(12)28-19(15)23/h3-9H,10H2,1-2H3,(H,20,22). The van der Waals surface area contributed by atoms with E-state index in [4.69, 9.17) is 13.9 Å². The fourth-order valence-electron chi connectivity index (χ4n) is 2.62. The van der Waals surface area contributed by atoms with Gasteiger partial charge in [-0.25, -0.2) is 4.79 Å². The maximum absolute atomic E-state index is 12.4. The van der Waals surface area contributed by atoms with Crippen molar-refractivity contribution in [1.29, 1.82) is 0 Å². The molecule has 1 heterocycles. The van der Waals surface area contributed by atoms with Crippen LogP contribution in [0.3, 0.4) is 0 Å². The van der Waals surface area contributed by atoms with Gasteiger partial charge in [0.05, 0.1) is 25.2 Å². The van der Waals surface area contributed by atoms with E-state index in [1.165, 1.54) is 19.2 Å². The van der Waals surface area contributed by atoms with E-state index >= 15 is 0 Å². The lowest BCUT2D eigenvalue weighted by Gasteiger charge is -2.08. The summed E-state index contributed by atoms with van der Waals surface area (Å²) in [6.07, 6.45) is 0. The maximum atomic E-state index is 12.4. The lowest BCUT2D eigenvalue weighted by Crippen LogP contribution is -2.27. The van der Waals surface area contributed by atoms with Crippen LogP contribution < -0.4 is 20.4 Å². The third-order valence-electron chi connectivity index (χ3n) is 4.07. The number of fused-ring (bicyclic) bond motifs is 1. The maximum Gasteiger partial charge on any atom is 0.349 e. The van der Waals surface area contributed by atoms with E-state index in [-0.39, 0.29) is 34.5 Å². The van der Waals surface area contributed by atoms with E-state index in [0.29, 0.717) is 5.75 Å². The van der Waals surface area contributed by atoms with Crippen LogP contribution in [0.15, 0.2) is 51.7 Å². The summed E-state index contributed by atoms with van der Waals surface area (Å²) in [5.74, 6) is 0.0595. The molecule has 0 saturated heterocycles. The van der Waals surface area contributed by atoms with Gasteiger partial charge in [-0.3, -0.25) is 14.9 Å². The molecule has 0 aliphatic heterocycles. The summed E-state index contributed by atoms with van der Waals surface area (Å²) in [4.78, 5) is 35.1. The lowest BCUT2D eigenvalue weighted by molar-refractivity contribution is -0.384. The molecule has 28 heavy (non-hydrogen) atoms. The number of benzene rings is 2. The van der Waals surface area contributed by atoms with Gasteiger partial charge in [-0.05, 0) is 23.8 Å². The number of non-ortho nitro benzene ring substituents is 1. The van der Waals surface area contributed by atoms with Crippen molar-refractivity contribution in [1.82, 2.24) is 5.32 Å². The molecule has 1 amide bonds. The molecule has 0 saturated carbocycles. The second kappa shape index (κ2) is 7.78. The quantitative estimate of drug-likeness (QED) is 0.394. The number of hydrogen-bond acceptors (Lipinski definition) is 7. The van der Waals surface area contributed by atoms with Crippen LogP contribution in [0, 0.1) is 10.1 Å². The molecule has 9 nitrogen and oxygen atoms in total. The molecule has 144 valence electrons. The molecule has 0 spiro atoms. The minimum atomic E-state index is -0.869. The monoisotopic (exact) mass is 384 g/mol. The number of carbonyl (C=O) groups is 1. The fourth-order valence-corrected chi connectivity index (χ4v) is 2.62. The number of carbonyl (C=O) groups excluding carboxylic acids is 1. The van der Waals surface area contributed by atoms with E-state index in [1.807, 2.05) is 0 Å². The highest BCUT2D eigenvalue weighted by molar-refractivity contribution is 5.97. The molecular weight excluding hydrogens is 368 g/mol. The van der Waals surface area contributed by atoms with Crippen molar-refractivity contribution >= 4 is 22.6 Å². The largest absolute Gasteiger partial charge is 0.497 e.